The molecule has 1 saturated heterocycles. The fourth-order valence-electron chi connectivity index (χ4n) is 6.76. The molecule has 2 aromatic rings. The molecule has 0 saturated carbocycles. The summed E-state index contributed by atoms with van der Waals surface area (Å²) in [6, 6.07) is 4.89. The monoisotopic (exact) mass is 597 g/mol. The van der Waals surface area contributed by atoms with Crippen LogP contribution in [0, 0.1) is 0 Å². The summed E-state index contributed by atoms with van der Waals surface area (Å²) < 4.78 is 17.3. The van der Waals surface area contributed by atoms with E-state index in [1.165, 1.54) is 31.2 Å². The van der Waals surface area contributed by atoms with Crippen LogP contribution in [0.1, 0.15) is 88.1 Å². The Hall–Kier alpha value is -3.68. The predicted molar refractivity (Wildman–Crippen MR) is 149 cm³/mol. The number of phenolic OH excluding ortho intramolecular Hbond substituents is 2. The summed E-state index contributed by atoms with van der Waals surface area (Å²) in [5.41, 5.74) is -3.13. The highest BCUT2D eigenvalue weighted by atomic mass is 16.7. The fourth-order valence-corrected chi connectivity index (χ4v) is 6.76. The molecule has 1 aliphatic heterocycles. The zero-order chi connectivity index (χ0) is 31.5. The van der Waals surface area contributed by atoms with Crippen LogP contribution in [0.5, 0.6) is 11.5 Å². The first-order valence-corrected chi connectivity index (χ1v) is 14.0. The molecule has 2 aromatic carbocycles. The van der Waals surface area contributed by atoms with Crippen molar-refractivity contribution in [1.82, 2.24) is 4.90 Å². The summed E-state index contributed by atoms with van der Waals surface area (Å²) in [6.45, 7) is 2.93. The summed E-state index contributed by atoms with van der Waals surface area (Å²) >= 11 is 0. The Bertz CT molecular complexity index is 1520. The molecule has 7 unspecified atom stereocenters. The number of likely N-dealkylation sites (N-methyl/N-ethyl adjacent to an activating group) is 1. The Morgan fingerprint density at radius 1 is 1.12 bits per heavy atom. The molecular weight excluding hydrogens is 562 g/mol. The van der Waals surface area contributed by atoms with Gasteiger partial charge in [0.05, 0.1) is 42.1 Å². The summed E-state index contributed by atoms with van der Waals surface area (Å²) in [5.74, 6) is -5.47. The second-order valence-electron chi connectivity index (χ2n) is 11.8. The maximum Gasteiger partial charge on any atom is 0.316 e. The molecule has 0 aromatic heterocycles. The van der Waals surface area contributed by atoms with Gasteiger partial charge in [0.2, 0.25) is 5.78 Å². The third-order valence-corrected chi connectivity index (χ3v) is 8.71. The van der Waals surface area contributed by atoms with Crippen molar-refractivity contribution in [3.05, 3.63) is 57.6 Å². The van der Waals surface area contributed by atoms with Crippen LogP contribution in [0.2, 0.25) is 0 Å². The number of fused-ring (bicyclic) bond motifs is 3. The summed E-state index contributed by atoms with van der Waals surface area (Å²) in [6.07, 6.45) is -4.33. The Balaban J connectivity index is 1.71. The number of hydrogen-bond donors (Lipinski definition) is 4. The van der Waals surface area contributed by atoms with E-state index >= 15 is 0 Å². The largest absolute Gasteiger partial charge is 0.507 e. The number of ether oxygens (including phenoxy) is 3. The first-order chi connectivity index (χ1) is 20.2. The SMILES string of the molecule is COC(=O)C1c2cc3c(c(O)c2C(OC2CC(N(C)C)C(O)C(C)O2)CC1(O)CC(C)=O)C(=O)c1c(O)cccc1C3=O. The minimum absolute atomic E-state index is 0.0408. The average Bonchev–Trinajstić information content (AvgIpc) is 2.92. The van der Waals surface area contributed by atoms with Gasteiger partial charge in [0.1, 0.15) is 23.2 Å². The van der Waals surface area contributed by atoms with E-state index in [2.05, 4.69) is 0 Å². The van der Waals surface area contributed by atoms with Crippen LogP contribution in [-0.4, -0.2) is 100.0 Å². The number of carbonyl (C=O) groups excluding carboxylic acids is 4. The fraction of sp³-hybridized carbons (Fsp3) is 0.484. The molecule has 0 amide bonds. The molecular formula is C31H35NO11. The van der Waals surface area contributed by atoms with Gasteiger partial charge in [-0.3, -0.25) is 19.2 Å². The molecule has 43 heavy (non-hydrogen) atoms. The predicted octanol–water partition coefficient (Wildman–Crippen LogP) is 1.73. The minimum atomic E-state index is -2.06. The zero-order valence-corrected chi connectivity index (χ0v) is 24.5. The molecule has 0 bridgehead atoms. The van der Waals surface area contributed by atoms with Crippen LogP contribution in [0.25, 0.3) is 0 Å². The number of carbonyl (C=O) groups is 4. The Labute approximate surface area is 247 Å². The van der Waals surface area contributed by atoms with Crippen LogP contribution in [0.15, 0.2) is 24.3 Å². The van der Waals surface area contributed by atoms with E-state index in [4.69, 9.17) is 14.2 Å². The van der Waals surface area contributed by atoms with Crippen LogP contribution >= 0.6 is 0 Å². The van der Waals surface area contributed by atoms with Crippen molar-refractivity contribution in [1.29, 1.82) is 0 Å². The van der Waals surface area contributed by atoms with Crippen molar-refractivity contribution in [2.24, 2.45) is 0 Å². The minimum Gasteiger partial charge on any atom is -0.507 e. The number of aromatic hydroxyl groups is 2. The quantitative estimate of drug-likeness (QED) is 0.303. The number of phenols is 2. The number of benzene rings is 2. The van der Waals surface area contributed by atoms with Gasteiger partial charge in [-0.2, -0.15) is 0 Å². The molecule has 0 radical (unpaired) electrons. The van der Waals surface area contributed by atoms with Gasteiger partial charge in [0.15, 0.2) is 12.1 Å². The maximum absolute atomic E-state index is 13.7. The number of ketones is 3. The molecule has 4 N–H and O–H groups in total. The maximum atomic E-state index is 13.7. The first-order valence-electron chi connectivity index (χ1n) is 14.0. The highest BCUT2D eigenvalue weighted by molar-refractivity contribution is 6.30. The number of rotatable bonds is 6. The van der Waals surface area contributed by atoms with E-state index in [9.17, 15) is 39.6 Å². The van der Waals surface area contributed by atoms with Gasteiger partial charge >= 0.3 is 5.97 Å². The van der Waals surface area contributed by atoms with E-state index in [-0.39, 0.29) is 52.3 Å². The van der Waals surface area contributed by atoms with Crippen LogP contribution in [-0.2, 0) is 23.8 Å². The number of hydrogen-bond acceptors (Lipinski definition) is 12. The number of methoxy groups -OCH3 is 1. The standard InChI is InChI=1S/C31H35NO11/c1-13(33)11-31(40)12-20(43-21-10-18(32(3)4)26(35)14(2)42-21)23-16(25(31)30(39)41-5)9-17-24(29(23)38)28(37)22-15(27(17)36)7-6-8-19(22)34/h6-9,14,18,20-21,25-26,34-35,38,40H,10-12H2,1-5H3. The van der Waals surface area contributed by atoms with Gasteiger partial charge in [-0.15, -0.1) is 0 Å². The van der Waals surface area contributed by atoms with Gasteiger partial charge < -0.3 is 39.5 Å². The molecule has 5 rings (SSSR count). The molecule has 1 fully saturated rings. The van der Waals surface area contributed by atoms with Gasteiger partial charge in [0, 0.05) is 42.0 Å². The normalized spacial score (nSPS) is 30.0. The third-order valence-electron chi connectivity index (χ3n) is 8.71. The number of esters is 1. The lowest BCUT2D eigenvalue weighted by atomic mass is 9.66. The van der Waals surface area contributed by atoms with E-state index in [0.29, 0.717) is 0 Å². The molecule has 7 atom stereocenters. The van der Waals surface area contributed by atoms with Gasteiger partial charge in [-0.25, -0.2) is 0 Å². The zero-order valence-electron chi connectivity index (χ0n) is 24.5. The summed E-state index contributed by atoms with van der Waals surface area (Å²) in [4.78, 5) is 54.7. The molecule has 1 heterocycles. The lowest BCUT2D eigenvalue weighted by Gasteiger charge is -2.46. The van der Waals surface area contributed by atoms with Crippen molar-refractivity contribution in [3.63, 3.8) is 0 Å². The van der Waals surface area contributed by atoms with Crippen molar-refractivity contribution in [3.8, 4) is 11.5 Å². The Morgan fingerprint density at radius 3 is 2.44 bits per heavy atom. The number of aliphatic hydroxyl groups excluding tert-OH is 1. The average molecular weight is 598 g/mol. The van der Waals surface area contributed by atoms with Crippen molar-refractivity contribution in [2.75, 3.05) is 21.2 Å². The summed E-state index contributed by atoms with van der Waals surface area (Å²) in [7, 11) is 4.69. The van der Waals surface area contributed by atoms with E-state index in [1.54, 1.807) is 21.0 Å². The molecule has 3 aliphatic rings. The Morgan fingerprint density at radius 2 is 1.81 bits per heavy atom. The number of aliphatic hydroxyl groups is 2. The molecule has 230 valence electrons. The highest BCUT2D eigenvalue weighted by Crippen LogP contribution is 2.54. The number of Topliss-reactive ketones (excluding diaryl/α,β-unsaturated/α-hetero) is 1. The van der Waals surface area contributed by atoms with E-state index < -0.39 is 77.4 Å². The van der Waals surface area contributed by atoms with Crippen molar-refractivity contribution in [2.45, 2.75) is 75.3 Å². The van der Waals surface area contributed by atoms with Crippen LogP contribution in [0.3, 0.4) is 0 Å². The third kappa shape index (κ3) is 5.02. The second kappa shape index (κ2) is 11.1. The van der Waals surface area contributed by atoms with Gasteiger partial charge in [-0.1, -0.05) is 12.1 Å². The molecule has 0 spiro atoms. The lowest BCUT2D eigenvalue weighted by molar-refractivity contribution is -0.258. The van der Waals surface area contributed by atoms with Gasteiger partial charge in [-0.05, 0) is 45.6 Å². The lowest BCUT2D eigenvalue weighted by Crippen LogP contribution is -2.54. The second-order valence-corrected chi connectivity index (χ2v) is 11.8. The van der Waals surface area contributed by atoms with Crippen LogP contribution < -0.4 is 0 Å². The smallest absolute Gasteiger partial charge is 0.316 e. The topological polar surface area (TPSA) is 180 Å². The van der Waals surface area contributed by atoms with Gasteiger partial charge in [0.25, 0.3) is 0 Å². The Kier molecular flexibility index (Phi) is 7.95. The molecule has 2 aliphatic carbocycles. The van der Waals surface area contributed by atoms with E-state index in [0.717, 1.165) is 7.11 Å². The highest BCUT2D eigenvalue weighted by Gasteiger charge is 2.54. The summed E-state index contributed by atoms with van der Waals surface area (Å²) in [5, 5.41) is 44.7. The number of nitrogens with zero attached hydrogens (tertiary/aromatic N) is 1. The first kappa shape index (κ1) is 30.8. The van der Waals surface area contributed by atoms with Crippen molar-refractivity contribution >= 4 is 23.3 Å². The van der Waals surface area contributed by atoms with Crippen molar-refractivity contribution < 1.29 is 53.8 Å². The molecule has 12 nitrogen and oxygen atoms in total. The molecule has 12 heteroatoms. The van der Waals surface area contributed by atoms with Crippen LogP contribution in [0.4, 0.5) is 0 Å². The van der Waals surface area contributed by atoms with E-state index in [1.807, 2.05) is 4.90 Å².